The van der Waals surface area contributed by atoms with Crippen LogP contribution >= 0.6 is 12.2 Å². The van der Waals surface area contributed by atoms with Gasteiger partial charge in [-0.1, -0.05) is 30.4 Å². The predicted octanol–water partition coefficient (Wildman–Crippen LogP) is 1.05. The minimum atomic E-state index is -3.48. The Morgan fingerprint density at radius 2 is 2.05 bits per heavy atom. The van der Waals surface area contributed by atoms with Gasteiger partial charge in [-0.05, 0) is 25.5 Å². The SMILES string of the molecule is CC(C(N)=S)S(=O)(=O)NCCCOc1ccccc1. The van der Waals surface area contributed by atoms with Gasteiger partial charge in [0.05, 0.1) is 11.6 Å². The van der Waals surface area contributed by atoms with Crippen LogP contribution in [0.15, 0.2) is 30.3 Å². The highest BCUT2D eigenvalue weighted by molar-refractivity contribution is 7.93. The van der Waals surface area contributed by atoms with Crippen molar-refractivity contribution < 1.29 is 13.2 Å². The molecule has 0 bridgehead atoms. The minimum Gasteiger partial charge on any atom is -0.494 e. The van der Waals surface area contributed by atoms with Crippen molar-refractivity contribution in [2.24, 2.45) is 5.73 Å². The summed E-state index contributed by atoms with van der Waals surface area (Å²) in [5.74, 6) is 0.766. The first-order chi connectivity index (χ1) is 8.93. The predicted molar refractivity (Wildman–Crippen MR) is 79.7 cm³/mol. The van der Waals surface area contributed by atoms with Crippen molar-refractivity contribution in [1.82, 2.24) is 4.72 Å². The van der Waals surface area contributed by atoms with Crippen molar-refractivity contribution in [3.8, 4) is 5.75 Å². The van der Waals surface area contributed by atoms with Gasteiger partial charge in [0, 0.05) is 6.54 Å². The lowest BCUT2D eigenvalue weighted by Crippen LogP contribution is -2.40. The van der Waals surface area contributed by atoms with E-state index in [-0.39, 0.29) is 4.99 Å². The summed E-state index contributed by atoms with van der Waals surface area (Å²) in [6.07, 6.45) is 0.568. The number of benzene rings is 1. The Bertz CT molecular complexity index is 503. The lowest BCUT2D eigenvalue weighted by molar-refractivity contribution is 0.311. The third-order valence-electron chi connectivity index (χ3n) is 2.50. The van der Waals surface area contributed by atoms with Crippen LogP contribution in [0.2, 0.25) is 0 Å². The number of sulfonamides is 1. The fraction of sp³-hybridized carbons (Fsp3) is 0.417. The van der Waals surface area contributed by atoms with E-state index in [1.807, 2.05) is 30.3 Å². The lowest BCUT2D eigenvalue weighted by Gasteiger charge is -2.12. The highest BCUT2D eigenvalue weighted by Crippen LogP contribution is 2.08. The van der Waals surface area contributed by atoms with Gasteiger partial charge in [0.1, 0.15) is 11.0 Å². The Kier molecular flexibility index (Phi) is 6.20. The van der Waals surface area contributed by atoms with Gasteiger partial charge in [0.25, 0.3) is 0 Å². The molecular weight excluding hydrogens is 284 g/mol. The lowest BCUT2D eigenvalue weighted by atomic mass is 10.3. The third kappa shape index (κ3) is 5.54. The summed E-state index contributed by atoms with van der Waals surface area (Å²) in [7, 11) is -3.48. The summed E-state index contributed by atoms with van der Waals surface area (Å²) < 4.78 is 31.3. The van der Waals surface area contributed by atoms with Crippen molar-refractivity contribution in [1.29, 1.82) is 0 Å². The van der Waals surface area contributed by atoms with Crippen LogP contribution in [0.1, 0.15) is 13.3 Å². The molecule has 7 heteroatoms. The number of thiocarbonyl (C=S) groups is 1. The maximum atomic E-state index is 11.7. The molecule has 1 rings (SSSR count). The number of rotatable bonds is 8. The van der Waals surface area contributed by atoms with Crippen LogP contribution in [-0.4, -0.2) is 31.8 Å². The molecule has 0 aromatic heterocycles. The van der Waals surface area contributed by atoms with Crippen LogP contribution in [0.3, 0.4) is 0 Å². The monoisotopic (exact) mass is 302 g/mol. The van der Waals surface area contributed by atoms with Crippen LogP contribution in [-0.2, 0) is 10.0 Å². The fourth-order valence-electron chi connectivity index (χ4n) is 1.27. The van der Waals surface area contributed by atoms with Crippen LogP contribution < -0.4 is 15.2 Å². The van der Waals surface area contributed by atoms with Gasteiger partial charge in [-0.3, -0.25) is 0 Å². The molecule has 0 saturated heterocycles. The van der Waals surface area contributed by atoms with Crippen LogP contribution in [0.5, 0.6) is 5.75 Å². The Morgan fingerprint density at radius 1 is 1.42 bits per heavy atom. The normalized spacial score (nSPS) is 12.9. The van der Waals surface area contributed by atoms with E-state index < -0.39 is 15.3 Å². The van der Waals surface area contributed by atoms with Crippen molar-refractivity contribution >= 4 is 27.2 Å². The molecule has 0 aliphatic rings. The van der Waals surface area contributed by atoms with Crippen LogP contribution in [0.4, 0.5) is 0 Å². The molecule has 0 fully saturated rings. The molecule has 1 aromatic rings. The fourth-order valence-corrected chi connectivity index (χ4v) is 2.64. The Hall–Kier alpha value is -1.18. The molecule has 0 heterocycles. The van der Waals surface area contributed by atoms with E-state index in [0.29, 0.717) is 19.6 Å². The van der Waals surface area contributed by atoms with Crippen LogP contribution in [0, 0.1) is 0 Å². The summed E-state index contributed by atoms with van der Waals surface area (Å²) >= 11 is 4.67. The molecule has 3 N–H and O–H groups in total. The van der Waals surface area contributed by atoms with Crippen molar-refractivity contribution in [2.75, 3.05) is 13.2 Å². The zero-order chi connectivity index (χ0) is 14.3. The topological polar surface area (TPSA) is 81.4 Å². The first-order valence-electron chi connectivity index (χ1n) is 5.89. The van der Waals surface area contributed by atoms with Gasteiger partial charge in [-0.15, -0.1) is 0 Å². The molecule has 0 saturated carbocycles. The molecule has 1 unspecified atom stereocenters. The molecule has 106 valence electrons. The molecule has 0 aliphatic carbocycles. The number of hydrogen-bond donors (Lipinski definition) is 2. The summed E-state index contributed by atoms with van der Waals surface area (Å²) in [4.78, 5) is -0.0342. The summed E-state index contributed by atoms with van der Waals surface area (Å²) in [6.45, 7) is 2.20. The summed E-state index contributed by atoms with van der Waals surface area (Å²) in [5.41, 5.74) is 5.32. The molecule has 0 radical (unpaired) electrons. The van der Waals surface area contributed by atoms with Gasteiger partial charge in [-0.2, -0.15) is 0 Å². The smallest absolute Gasteiger partial charge is 0.220 e. The average molecular weight is 302 g/mol. The van der Waals surface area contributed by atoms with E-state index in [0.717, 1.165) is 5.75 Å². The molecule has 0 amide bonds. The number of para-hydroxylation sites is 1. The largest absolute Gasteiger partial charge is 0.494 e. The quantitative estimate of drug-likeness (QED) is 0.554. The zero-order valence-electron chi connectivity index (χ0n) is 10.7. The molecule has 5 nitrogen and oxygen atoms in total. The van der Waals surface area contributed by atoms with E-state index >= 15 is 0 Å². The minimum absolute atomic E-state index is 0.0342. The average Bonchev–Trinajstić information content (AvgIpc) is 2.38. The third-order valence-corrected chi connectivity index (χ3v) is 4.80. The second-order valence-electron chi connectivity index (χ2n) is 4.00. The summed E-state index contributed by atoms with van der Waals surface area (Å²) in [5, 5.41) is -0.863. The van der Waals surface area contributed by atoms with E-state index in [1.54, 1.807) is 0 Å². The number of nitrogens with one attached hydrogen (secondary N) is 1. The van der Waals surface area contributed by atoms with E-state index in [4.69, 9.17) is 10.5 Å². The first kappa shape index (κ1) is 15.9. The maximum absolute atomic E-state index is 11.7. The van der Waals surface area contributed by atoms with Crippen molar-refractivity contribution in [3.63, 3.8) is 0 Å². The van der Waals surface area contributed by atoms with E-state index in [2.05, 4.69) is 16.9 Å². The van der Waals surface area contributed by atoms with Crippen LogP contribution in [0.25, 0.3) is 0 Å². The molecule has 0 aliphatic heterocycles. The van der Waals surface area contributed by atoms with Gasteiger partial charge >= 0.3 is 0 Å². The highest BCUT2D eigenvalue weighted by atomic mass is 32.2. The van der Waals surface area contributed by atoms with Gasteiger partial charge in [0.15, 0.2) is 0 Å². The molecule has 19 heavy (non-hydrogen) atoms. The zero-order valence-corrected chi connectivity index (χ0v) is 12.3. The Labute approximate surface area is 119 Å². The Balaban J connectivity index is 2.26. The highest BCUT2D eigenvalue weighted by Gasteiger charge is 2.22. The van der Waals surface area contributed by atoms with Crippen molar-refractivity contribution in [3.05, 3.63) is 30.3 Å². The first-order valence-corrected chi connectivity index (χ1v) is 7.84. The van der Waals surface area contributed by atoms with E-state index in [1.165, 1.54) is 6.92 Å². The second-order valence-corrected chi connectivity index (χ2v) is 6.56. The summed E-state index contributed by atoms with van der Waals surface area (Å²) in [6, 6.07) is 9.35. The standard InChI is InChI=1S/C12H18N2O3S2/c1-10(12(13)18)19(15,16)14-8-5-9-17-11-6-3-2-4-7-11/h2-4,6-7,10,14H,5,8-9H2,1H3,(H2,13,18). The van der Waals surface area contributed by atoms with Gasteiger partial charge in [0.2, 0.25) is 10.0 Å². The van der Waals surface area contributed by atoms with Gasteiger partial charge in [-0.25, -0.2) is 13.1 Å². The van der Waals surface area contributed by atoms with E-state index in [9.17, 15) is 8.42 Å². The molecule has 1 aromatic carbocycles. The number of hydrogen-bond acceptors (Lipinski definition) is 4. The number of nitrogens with two attached hydrogens (primary N) is 1. The Morgan fingerprint density at radius 3 is 2.63 bits per heavy atom. The number of ether oxygens (including phenoxy) is 1. The van der Waals surface area contributed by atoms with Crippen molar-refractivity contribution in [2.45, 2.75) is 18.6 Å². The molecule has 1 atom stereocenters. The maximum Gasteiger partial charge on any atom is 0.220 e. The molecule has 0 spiro atoms. The second kappa shape index (κ2) is 7.42. The van der Waals surface area contributed by atoms with Gasteiger partial charge < -0.3 is 10.5 Å². The molecular formula is C12H18N2O3S2.